The van der Waals surface area contributed by atoms with Crippen LogP contribution in [-0.2, 0) is 27.9 Å². The largest absolute Gasteiger partial charge is 0.756 e. The molecule has 3 atom stereocenters. The number of carbonyl (C=O) groups is 1. The average molecular weight is 806 g/mol. The van der Waals surface area contributed by atoms with E-state index in [0.29, 0.717) is 23.9 Å². The van der Waals surface area contributed by atoms with Gasteiger partial charge in [-0.2, -0.15) is 0 Å². The highest BCUT2D eigenvalue weighted by molar-refractivity contribution is 7.45. The van der Waals surface area contributed by atoms with Crippen molar-refractivity contribution >= 4 is 13.8 Å². The summed E-state index contributed by atoms with van der Waals surface area (Å²) in [5, 5.41) is 10.0. The van der Waals surface area contributed by atoms with Gasteiger partial charge in [-0.1, -0.05) is 157 Å². The number of aliphatic hydroxyl groups excluding tert-OH is 1. The molecule has 0 amide bonds. The molecule has 0 aliphatic carbocycles. The molecule has 0 heterocycles. The van der Waals surface area contributed by atoms with Gasteiger partial charge < -0.3 is 33.0 Å². The number of phosphoric ester groups is 1. The van der Waals surface area contributed by atoms with Gasteiger partial charge in [0.15, 0.2) is 6.10 Å². The summed E-state index contributed by atoms with van der Waals surface area (Å²) in [4.78, 5) is 25.0. The van der Waals surface area contributed by atoms with Crippen LogP contribution in [0.4, 0.5) is 0 Å². The maximum atomic E-state index is 12.6. The van der Waals surface area contributed by atoms with E-state index >= 15 is 0 Å². The monoisotopic (exact) mass is 806 g/mol. The number of carbonyl (C=O) groups excluding carboxylic acids is 1. The first kappa shape index (κ1) is 53.5. The van der Waals surface area contributed by atoms with Gasteiger partial charge in [0.05, 0.1) is 40.1 Å². The number of likely N-dealkylation sites (N-methyl/N-ethyl adjacent to an activating group) is 1. The van der Waals surface area contributed by atoms with Crippen molar-refractivity contribution in [1.82, 2.24) is 0 Å². The molecule has 0 aromatic carbocycles. The molecule has 0 aliphatic heterocycles. The van der Waals surface area contributed by atoms with Crippen molar-refractivity contribution in [1.29, 1.82) is 0 Å². The molecule has 0 spiro atoms. The summed E-state index contributed by atoms with van der Waals surface area (Å²) < 4.78 is 34.2. The molecule has 0 saturated heterocycles. The fourth-order valence-electron chi connectivity index (χ4n) is 5.27. The van der Waals surface area contributed by atoms with Crippen LogP contribution < -0.4 is 4.89 Å². The normalized spacial score (nSPS) is 15.1. The molecule has 1 N–H and O–H groups in total. The van der Waals surface area contributed by atoms with Crippen LogP contribution in [0.25, 0.3) is 0 Å². The fourth-order valence-corrected chi connectivity index (χ4v) is 6.00. The van der Waals surface area contributed by atoms with Crippen molar-refractivity contribution in [3.05, 3.63) is 85.3 Å². The van der Waals surface area contributed by atoms with Gasteiger partial charge in [-0.25, -0.2) is 0 Å². The van der Waals surface area contributed by atoms with E-state index in [1.807, 2.05) is 63.7 Å². The molecule has 0 fully saturated rings. The molecule has 0 saturated carbocycles. The van der Waals surface area contributed by atoms with Crippen LogP contribution in [0.3, 0.4) is 0 Å². The lowest BCUT2D eigenvalue weighted by Gasteiger charge is -2.28. The molecule has 56 heavy (non-hydrogen) atoms. The number of allylic oxidation sites excluding steroid dienone is 11. The van der Waals surface area contributed by atoms with Crippen LogP contribution in [0, 0.1) is 0 Å². The van der Waals surface area contributed by atoms with Crippen LogP contribution in [0.5, 0.6) is 0 Å². The van der Waals surface area contributed by atoms with E-state index in [2.05, 4.69) is 44.2 Å². The zero-order valence-electron chi connectivity index (χ0n) is 35.9. The summed E-state index contributed by atoms with van der Waals surface area (Å²) in [6, 6.07) is 0. The van der Waals surface area contributed by atoms with Gasteiger partial charge in [0.2, 0.25) is 0 Å². The van der Waals surface area contributed by atoms with Gasteiger partial charge in [-0.15, -0.1) is 0 Å². The van der Waals surface area contributed by atoms with E-state index in [-0.39, 0.29) is 26.2 Å². The molecule has 0 aromatic heterocycles. The third-order valence-corrected chi connectivity index (χ3v) is 9.58. The number of nitrogens with zero attached hydrogens (tertiary/aromatic N) is 1. The van der Waals surface area contributed by atoms with Crippen LogP contribution >= 0.6 is 7.82 Å². The molecule has 0 aromatic rings. The number of ether oxygens (including phenoxy) is 2. The van der Waals surface area contributed by atoms with E-state index in [1.165, 1.54) is 70.6 Å². The van der Waals surface area contributed by atoms with Crippen molar-refractivity contribution in [2.24, 2.45) is 0 Å². The highest BCUT2D eigenvalue weighted by Crippen LogP contribution is 2.38. The van der Waals surface area contributed by atoms with Crippen LogP contribution in [-0.4, -0.2) is 75.3 Å². The van der Waals surface area contributed by atoms with Gasteiger partial charge in [-0.3, -0.25) is 9.36 Å². The Labute approximate surface area is 342 Å². The van der Waals surface area contributed by atoms with Gasteiger partial charge in [-0.05, 0) is 57.4 Å². The highest BCUT2D eigenvalue weighted by atomic mass is 31.2. The Hall–Kier alpha value is -2.52. The Morgan fingerprint density at radius 1 is 0.696 bits per heavy atom. The molecule has 0 radical (unpaired) electrons. The number of quaternary nitrogens is 1. The van der Waals surface area contributed by atoms with E-state index in [4.69, 9.17) is 18.5 Å². The Bertz CT molecular complexity index is 1180. The van der Waals surface area contributed by atoms with Gasteiger partial charge >= 0.3 is 5.97 Å². The van der Waals surface area contributed by atoms with Crippen LogP contribution in [0.15, 0.2) is 85.3 Å². The van der Waals surface area contributed by atoms with Crippen LogP contribution in [0.1, 0.15) is 142 Å². The Balaban J connectivity index is 4.52. The summed E-state index contributed by atoms with van der Waals surface area (Å²) in [5.74, 6) is -0.460. The summed E-state index contributed by atoms with van der Waals surface area (Å²) in [7, 11) is 1.23. The summed E-state index contributed by atoms with van der Waals surface area (Å²) >= 11 is 0. The minimum atomic E-state index is -4.58. The topological polar surface area (TPSA) is 114 Å². The molecular weight excluding hydrogens is 725 g/mol. The van der Waals surface area contributed by atoms with E-state index in [0.717, 1.165) is 38.5 Å². The Kier molecular flexibility index (Phi) is 36.3. The number of hydrogen-bond acceptors (Lipinski definition) is 8. The minimum Gasteiger partial charge on any atom is -0.756 e. The third kappa shape index (κ3) is 41.1. The molecule has 0 bridgehead atoms. The SMILES string of the molecule is CC/C=C\C/C=C\CC(O)/C=C/C=C\C/C=C\C/C=C\CCC(=O)O[C@H](CO/C=C/CCCCCCCCCCCCCC)COP(=O)([O-])OCC[N+](C)(C)C. The lowest BCUT2D eigenvalue weighted by molar-refractivity contribution is -0.870. The second-order valence-corrected chi connectivity index (χ2v) is 16.7. The zero-order valence-corrected chi connectivity index (χ0v) is 36.8. The fraction of sp³-hybridized carbons (Fsp3) is 0.674. The molecule has 10 heteroatoms. The standard InChI is InChI=1S/C46H80NO8P/c1-6-8-10-12-14-15-16-17-18-21-24-27-31-35-40-52-42-45(43-54-56(50,51)53-41-39-47(3,4)5)55-46(49)38-34-30-26-23-20-19-22-25-29-33-37-44(48)36-32-28-13-11-9-7-2/h9,11,19-20,25-26,28-30,32-33,35,37,40,44-45,48H,6-8,10,12-18,21-24,27,31,34,36,38-39,41-43H2,1-5H3/b11-9-,20-19-,29-25-,30-26-,32-28-,37-33+,40-35+/t44?,45-/m1/s1. The lowest BCUT2D eigenvalue weighted by Crippen LogP contribution is -2.37. The highest BCUT2D eigenvalue weighted by Gasteiger charge is 2.20. The number of hydrogen-bond donors (Lipinski definition) is 1. The summed E-state index contributed by atoms with van der Waals surface area (Å²) in [6.07, 6.45) is 47.3. The van der Waals surface area contributed by atoms with Gasteiger partial charge in [0, 0.05) is 6.42 Å². The maximum Gasteiger partial charge on any atom is 0.306 e. The summed E-state index contributed by atoms with van der Waals surface area (Å²) in [5.41, 5.74) is 0. The minimum absolute atomic E-state index is 0.0101. The lowest BCUT2D eigenvalue weighted by atomic mass is 10.0. The Morgan fingerprint density at radius 3 is 1.93 bits per heavy atom. The number of rotatable bonds is 38. The maximum absolute atomic E-state index is 12.6. The Morgan fingerprint density at radius 2 is 1.29 bits per heavy atom. The first-order valence-corrected chi connectivity index (χ1v) is 22.9. The molecule has 0 rings (SSSR count). The van der Waals surface area contributed by atoms with Crippen molar-refractivity contribution in [2.75, 3.05) is 47.5 Å². The number of esters is 1. The summed E-state index contributed by atoms with van der Waals surface area (Å²) in [6.45, 7) is 4.43. The van der Waals surface area contributed by atoms with Crippen molar-refractivity contribution < 1.29 is 42.4 Å². The molecule has 322 valence electrons. The van der Waals surface area contributed by atoms with Crippen LogP contribution in [0.2, 0.25) is 0 Å². The van der Waals surface area contributed by atoms with Gasteiger partial charge in [0.1, 0.15) is 19.8 Å². The third-order valence-electron chi connectivity index (χ3n) is 8.62. The van der Waals surface area contributed by atoms with Gasteiger partial charge in [0.25, 0.3) is 7.82 Å². The average Bonchev–Trinajstić information content (AvgIpc) is 3.14. The van der Waals surface area contributed by atoms with Crippen molar-refractivity contribution in [3.63, 3.8) is 0 Å². The molecule has 9 nitrogen and oxygen atoms in total. The van der Waals surface area contributed by atoms with Crippen molar-refractivity contribution in [3.8, 4) is 0 Å². The predicted molar refractivity (Wildman–Crippen MR) is 232 cm³/mol. The zero-order chi connectivity index (χ0) is 41.4. The number of aliphatic hydroxyl groups is 1. The molecular formula is C46H80NO8P. The van der Waals surface area contributed by atoms with E-state index < -0.39 is 26.0 Å². The quantitative estimate of drug-likeness (QED) is 0.0125. The molecule has 2 unspecified atom stereocenters. The first-order chi connectivity index (χ1) is 27.0. The second-order valence-electron chi connectivity index (χ2n) is 15.2. The number of unbranched alkanes of at least 4 members (excludes halogenated alkanes) is 12. The number of phosphoric acid groups is 1. The second kappa shape index (κ2) is 38.0. The smallest absolute Gasteiger partial charge is 0.306 e. The van der Waals surface area contributed by atoms with E-state index in [1.54, 1.807) is 12.3 Å². The van der Waals surface area contributed by atoms with Crippen molar-refractivity contribution in [2.45, 2.75) is 154 Å². The predicted octanol–water partition coefficient (Wildman–Crippen LogP) is 11.2. The first-order valence-electron chi connectivity index (χ1n) is 21.5. The molecule has 0 aliphatic rings. The van der Waals surface area contributed by atoms with E-state index in [9.17, 15) is 19.4 Å².